The van der Waals surface area contributed by atoms with E-state index in [1.54, 1.807) is 30.3 Å². The largest absolute Gasteiger partial charge is 0.480 e. The van der Waals surface area contributed by atoms with Crippen molar-refractivity contribution in [2.75, 3.05) is 0 Å². The molecule has 0 saturated carbocycles. The normalized spacial score (nSPS) is 12.0. The molecule has 0 bridgehead atoms. The van der Waals surface area contributed by atoms with Crippen LogP contribution in [0.25, 0.3) is 5.69 Å². The van der Waals surface area contributed by atoms with Crippen molar-refractivity contribution in [3.05, 3.63) is 58.5 Å². The number of carbonyl (C=O) groups is 2. The summed E-state index contributed by atoms with van der Waals surface area (Å²) in [5, 5.41) is 15.7. The molecule has 1 aromatic heterocycles. The smallest absolute Gasteiger partial charge is 0.326 e. The van der Waals surface area contributed by atoms with Gasteiger partial charge in [-0.1, -0.05) is 32.0 Å². The maximum Gasteiger partial charge on any atom is 0.326 e. The number of carboxylic acids is 1. The van der Waals surface area contributed by atoms with Crippen molar-refractivity contribution in [2.45, 2.75) is 26.3 Å². The minimum absolute atomic E-state index is 0.0199. The van der Waals surface area contributed by atoms with Crippen molar-refractivity contribution in [3.63, 3.8) is 0 Å². The molecule has 0 unspecified atom stereocenters. The van der Waals surface area contributed by atoms with Gasteiger partial charge in [-0.3, -0.25) is 9.59 Å². The summed E-state index contributed by atoms with van der Waals surface area (Å²) >= 11 is 0. The fourth-order valence-corrected chi connectivity index (χ4v) is 2.21. The van der Waals surface area contributed by atoms with Crippen LogP contribution in [0.2, 0.25) is 0 Å². The second-order valence-electron chi connectivity index (χ2n) is 5.80. The lowest BCUT2D eigenvalue weighted by Gasteiger charge is -2.16. The van der Waals surface area contributed by atoms with E-state index < -0.39 is 17.9 Å². The Labute approximate surface area is 138 Å². The molecule has 0 spiro atoms. The number of para-hydroxylation sites is 1. The van der Waals surface area contributed by atoms with E-state index in [9.17, 15) is 19.5 Å². The molecule has 2 rings (SSSR count). The van der Waals surface area contributed by atoms with Crippen LogP contribution in [-0.4, -0.2) is 32.8 Å². The third-order valence-corrected chi connectivity index (χ3v) is 3.34. The first kappa shape index (κ1) is 17.4. The van der Waals surface area contributed by atoms with Gasteiger partial charge < -0.3 is 10.4 Å². The zero-order valence-corrected chi connectivity index (χ0v) is 13.5. The molecular formula is C17H19N3O4. The molecule has 24 heavy (non-hydrogen) atoms. The van der Waals surface area contributed by atoms with Gasteiger partial charge in [0.1, 0.15) is 11.7 Å². The molecular weight excluding hydrogens is 310 g/mol. The third kappa shape index (κ3) is 4.28. The summed E-state index contributed by atoms with van der Waals surface area (Å²) in [5.41, 5.74) is 0.122. The summed E-state index contributed by atoms with van der Waals surface area (Å²) in [4.78, 5) is 35.5. The number of benzene rings is 1. The molecule has 0 saturated heterocycles. The molecule has 0 fully saturated rings. The van der Waals surface area contributed by atoms with Crippen LogP contribution in [0.15, 0.2) is 47.3 Å². The van der Waals surface area contributed by atoms with Gasteiger partial charge in [-0.15, -0.1) is 0 Å². The minimum Gasteiger partial charge on any atom is -0.480 e. The lowest BCUT2D eigenvalue weighted by molar-refractivity contribution is -0.139. The predicted molar refractivity (Wildman–Crippen MR) is 88.2 cm³/mol. The maximum absolute atomic E-state index is 12.3. The van der Waals surface area contributed by atoms with Crippen LogP contribution >= 0.6 is 0 Å². The number of hydrogen-bond donors (Lipinski definition) is 2. The van der Waals surface area contributed by atoms with E-state index in [-0.39, 0.29) is 17.2 Å². The van der Waals surface area contributed by atoms with Crippen LogP contribution in [0, 0.1) is 5.92 Å². The summed E-state index contributed by atoms with van der Waals surface area (Å²) in [6, 6.07) is 10.2. The van der Waals surface area contributed by atoms with Crippen molar-refractivity contribution in [1.82, 2.24) is 15.1 Å². The standard InChI is InChI=1S/C17H19N3O4/c1-11(2)10-14(17(23)24)18-16(22)13-8-9-15(21)20(19-13)12-6-4-3-5-7-12/h3-9,11,14H,10H2,1-2H3,(H,18,22)(H,23,24)/t14-/m1/s1. The minimum atomic E-state index is -1.10. The number of aromatic nitrogens is 2. The van der Waals surface area contributed by atoms with Crippen molar-refractivity contribution < 1.29 is 14.7 Å². The number of hydrogen-bond acceptors (Lipinski definition) is 4. The molecule has 2 N–H and O–H groups in total. The lowest BCUT2D eigenvalue weighted by Crippen LogP contribution is -2.42. The quantitative estimate of drug-likeness (QED) is 0.835. The average molecular weight is 329 g/mol. The van der Waals surface area contributed by atoms with Crippen LogP contribution in [0.1, 0.15) is 30.8 Å². The van der Waals surface area contributed by atoms with E-state index in [4.69, 9.17) is 0 Å². The van der Waals surface area contributed by atoms with Gasteiger partial charge in [0.25, 0.3) is 11.5 Å². The van der Waals surface area contributed by atoms with Gasteiger partial charge in [0.15, 0.2) is 0 Å². The molecule has 0 aliphatic rings. The van der Waals surface area contributed by atoms with Crippen molar-refractivity contribution >= 4 is 11.9 Å². The van der Waals surface area contributed by atoms with Crippen LogP contribution < -0.4 is 10.9 Å². The van der Waals surface area contributed by atoms with Gasteiger partial charge in [-0.05, 0) is 30.5 Å². The number of nitrogens with one attached hydrogen (secondary N) is 1. The van der Waals surface area contributed by atoms with E-state index in [1.165, 1.54) is 12.1 Å². The molecule has 1 amide bonds. The van der Waals surface area contributed by atoms with E-state index >= 15 is 0 Å². The Balaban J connectivity index is 2.27. The summed E-state index contributed by atoms with van der Waals surface area (Å²) in [6.07, 6.45) is 0.305. The van der Waals surface area contributed by atoms with Gasteiger partial charge in [-0.2, -0.15) is 9.78 Å². The molecule has 126 valence electrons. The van der Waals surface area contributed by atoms with Gasteiger partial charge in [0.2, 0.25) is 0 Å². The molecule has 0 aliphatic heterocycles. The molecule has 2 aromatic rings. The van der Waals surface area contributed by atoms with Gasteiger partial charge in [0.05, 0.1) is 5.69 Å². The summed E-state index contributed by atoms with van der Waals surface area (Å²) in [6.45, 7) is 3.74. The molecule has 0 aliphatic carbocycles. The van der Waals surface area contributed by atoms with Crippen LogP contribution in [-0.2, 0) is 4.79 Å². The Morgan fingerprint density at radius 1 is 1.17 bits per heavy atom. The molecule has 7 heteroatoms. The zero-order valence-electron chi connectivity index (χ0n) is 13.5. The Bertz CT molecular complexity index is 784. The number of carbonyl (C=O) groups excluding carboxylic acids is 1. The first-order valence-electron chi connectivity index (χ1n) is 7.58. The SMILES string of the molecule is CC(C)C[C@@H](NC(=O)c1ccc(=O)n(-c2ccccc2)n1)C(=O)O. The van der Waals surface area contributed by atoms with Crippen molar-refractivity contribution in [3.8, 4) is 5.69 Å². The number of nitrogens with zero attached hydrogens (tertiary/aromatic N) is 2. The number of aliphatic carboxylic acids is 1. The molecule has 7 nitrogen and oxygen atoms in total. The van der Waals surface area contributed by atoms with Crippen molar-refractivity contribution in [1.29, 1.82) is 0 Å². The molecule has 0 radical (unpaired) electrons. The average Bonchev–Trinajstić information content (AvgIpc) is 2.54. The Morgan fingerprint density at radius 3 is 2.42 bits per heavy atom. The predicted octanol–water partition coefficient (Wildman–Crippen LogP) is 1.46. The topological polar surface area (TPSA) is 101 Å². The fraction of sp³-hybridized carbons (Fsp3) is 0.294. The molecule has 1 aromatic carbocycles. The fourth-order valence-electron chi connectivity index (χ4n) is 2.21. The molecule has 1 heterocycles. The number of amides is 1. The van der Waals surface area contributed by atoms with E-state index in [2.05, 4.69) is 10.4 Å². The first-order chi connectivity index (χ1) is 11.4. The van der Waals surface area contributed by atoms with Crippen LogP contribution in [0.4, 0.5) is 0 Å². The van der Waals surface area contributed by atoms with Crippen LogP contribution in [0.3, 0.4) is 0 Å². The Hall–Kier alpha value is -2.96. The monoisotopic (exact) mass is 329 g/mol. The number of carboxylic acid groups (broad SMARTS) is 1. The summed E-state index contributed by atoms with van der Waals surface area (Å²) in [5.74, 6) is -1.63. The number of rotatable bonds is 6. The van der Waals surface area contributed by atoms with Gasteiger partial charge in [0, 0.05) is 6.07 Å². The van der Waals surface area contributed by atoms with E-state index in [1.807, 2.05) is 13.8 Å². The second kappa shape index (κ2) is 7.54. The third-order valence-electron chi connectivity index (χ3n) is 3.34. The Morgan fingerprint density at radius 2 is 1.83 bits per heavy atom. The summed E-state index contributed by atoms with van der Waals surface area (Å²) < 4.78 is 1.10. The van der Waals surface area contributed by atoms with E-state index in [0.29, 0.717) is 12.1 Å². The highest BCUT2D eigenvalue weighted by Crippen LogP contribution is 2.07. The lowest BCUT2D eigenvalue weighted by atomic mass is 10.0. The highest BCUT2D eigenvalue weighted by atomic mass is 16.4. The maximum atomic E-state index is 12.3. The zero-order chi connectivity index (χ0) is 17.7. The van der Waals surface area contributed by atoms with Crippen molar-refractivity contribution in [2.24, 2.45) is 5.92 Å². The second-order valence-corrected chi connectivity index (χ2v) is 5.80. The van der Waals surface area contributed by atoms with Gasteiger partial charge in [-0.25, -0.2) is 4.79 Å². The Kier molecular flexibility index (Phi) is 5.47. The highest BCUT2D eigenvalue weighted by molar-refractivity contribution is 5.94. The highest BCUT2D eigenvalue weighted by Gasteiger charge is 2.22. The van der Waals surface area contributed by atoms with E-state index in [0.717, 1.165) is 4.68 Å². The first-order valence-corrected chi connectivity index (χ1v) is 7.58. The summed E-state index contributed by atoms with van der Waals surface area (Å²) in [7, 11) is 0. The van der Waals surface area contributed by atoms with Crippen LogP contribution in [0.5, 0.6) is 0 Å². The van der Waals surface area contributed by atoms with Gasteiger partial charge >= 0.3 is 5.97 Å². The molecule has 1 atom stereocenters.